The van der Waals surface area contributed by atoms with Crippen LogP contribution in [0.1, 0.15) is 75.6 Å². The minimum absolute atomic E-state index is 0.0420. The van der Waals surface area contributed by atoms with Crippen LogP contribution in [0.2, 0.25) is 0 Å². The minimum atomic E-state index is -0.0420. The van der Waals surface area contributed by atoms with Crippen molar-refractivity contribution in [2.75, 3.05) is 4.90 Å². The van der Waals surface area contributed by atoms with Gasteiger partial charge in [-0.05, 0) is 130 Å². The molecule has 5 atom stereocenters. The first-order chi connectivity index (χ1) is 21.9. The second-order valence-corrected chi connectivity index (χ2v) is 15.2. The van der Waals surface area contributed by atoms with Crippen LogP contribution in [0.4, 0.5) is 17.1 Å². The fourth-order valence-corrected chi connectivity index (χ4v) is 10.7. The molecule has 0 aromatic heterocycles. The molecule has 2 fully saturated rings. The van der Waals surface area contributed by atoms with E-state index in [2.05, 4.69) is 148 Å². The fourth-order valence-electron chi connectivity index (χ4n) is 10.7. The Morgan fingerprint density at radius 2 is 1.09 bits per heavy atom. The van der Waals surface area contributed by atoms with E-state index in [1.807, 2.05) is 0 Å². The average Bonchev–Trinajstić information content (AvgIpc) is 3.47. The van der Waals surface area contributed by atoms with Crippen LogP contribution in [0, 0.1) is 23.7 Å². The summed E-state index contributed by atoms with van der Waals surface area (Å²) in [5.41, 5.74) is 15.4. The van der Waals surface area contributed by atoms with Gasteiger partial charge in [0.1, 0.15) is 0 Å². The van der Waals surface area contributed by atoms with Crippen LogP contribution in [-0.2, 0) is 10.8 Å². The summed E-state index contributed by atoms with van der Waals surface area (Å²) >= 11 is 0. The van der Waals surface area contributed by atoms with Crippen molar-refractivity contribution in [1.29, 1.82) is 0 Å². The topological polar surface area (TPSA) is 3.24 Å². The Morgan fingerprint density at radius 3 is 1.82 bits per heavy atom. The second-order valence-electron chi connectivity index (χ2n) is 15.2. The van der Waals surface area contributed by atoms with E-state index in [9.17, 15) is 0 Å². The van der Waals surface area contributed by atoms with E-state index in [1.165, 1.54) is 76.1 Å². The monoisotopic (exact) mass is 585 g/mol. The van der Waals surface area contributed by atoms with E-state index in [0.717, 1.165) is 11.8 Å². The van der Waals surface area contributed by atoms with E-state index in [4.69, 9.17) is 0 Å². The molecular formula is C44H43N. The lowest BCUT2D eigenvalue weighted by molar-refractivity contribution is 0.0426. The largest absolute Gasteiger partial charge is 0.310 e. The maximum atomic E-state index is 2.60. The van der Waals surface area contributed by atoms with Crippen LogP contribution >= 0.6 is 0 Å². The maximum Gasteiger partial charge on any atom is 0.0465 e. The zero-order valence-corrected chi connectivity index (χ0v) is 27.1. The van der Waals surface area contributed by atoms with E-state index >= 15 is 0 Å². The molecule has 5 aromatic rings. The predicted molar refractivity (Wildman–Crippen MR) is 189 cm³/mol. The van der Waals surface area contributed by atoms with Crippen LogP contribution in [0.5, 0.6) is 0 Å². The molecule has 0 amide bonds. The molecule has 0 radical (unpaired) electrons. The van der Waals surface area contributed by atoms with Crippen molar-refractivity contribution in [3.8, 4) is 22.3 Å². The normalized spacial score (nSPS) is 26.6. The van der Waals surface area contributed by atoms with Crippen molar-refractivity contribution >= 4 is 17.1 Å². The molecular weight excluding hydrogens is 542 g/mol. The number of hydrogen-bond donors (Lipinski definition) is 0. The number of hydrogen-bond acceptors (Lipinski definition) is 1. The Bertz CT molecular complexity index is 1950. The first-order valence-electron chi connectivity index (χ1n) is 17.2. The third-order valence-corrected chi connectivity index (χ3v) is 12.4. The van der Waals surface area contributed by atoms with Gasteiger partial charge in [0.15, 0.2) is 0 Å². The van der Waals surface area contributed by atoms with Gasteiger partial charge in [-0.3, -0.25) is 0 Å². The molecule has 0 N–H and O–H groups in total. The highest BCUT2D eigenvalue weighted by Gasteiger charge is 2.56. The van der Waals surface area contributed by atoms with Crippen molar-refractivity contribution in [2.45, 2.75) is 64.2 Å². The van der Waals surface area contributed by atoms with Crippen molar-refractivity contribution in [3.63, 3.8) is 0 Å². The van der Waals surface area contributed by atoms with Gasteiger partial charge in [0.2, 0.25) is 0 Å². The van der Waals surface area contributed by atoms with Crippen molar-refractivity contribution in [1.82, 2.24) is 0 Å². The lowest BCUT2D eigenvalue weighted by atomic mass is 9.49. The summed E-state index contributed by atoms with van der Waals surface area (Å²) in [6, 6.07) is 44.0. The van der Waals surface area contributed by atoms with Crippen molar-refractivity contribution < 1.29 is 0 Å². The van der Waals surface area contributed by atoms with Gasteiger partial charge < -0.3 is 4.90 Å². The molecule has 45 heavy (non-hydrogen) atoms. The molecule has 4 aliphatic rings. The number of nitrogens with zero attached hydrogens (tertiary/aromatic N) is 1. The highest BCUT2D eigenvalue weighted by atomic mass is 15.1. The molecule has 4 aliphatic carbocycles. The zero-order valence-electron chi connectivity index (χ0n) is 27.1. The van der Waals surface area contributed by atoms with E-state index in [0.29, 0.717) is 11.8 Å². The number of anilines is 3. The quantitative estimate of drug-likeness (QED) is 0.204. The van der Waals surface area contributed by atoms with Crippen LogP contribution in [0.3, 0.4) is 0 Å². The molecule has 0 unspecified atom stereocenters. The van der Waals surface area contributed by atoms with Gasteiger partial charge in [-0.2, -0.15) is 0 Å². The molecule has 9 rings (SSSR count). The zero-order chi connectivity index (χ0) is 30.5. The standard InChI is InChI=1S/C44H43N/c1-28-22-30-24-29(2)44(31(23-28)25-30)40-17-11-9-15-36(40)38-21-19-34(27-42(38)44)45(32-12-6-5-7-13-32)33-18-20-37-35-14-8-10-16-39(35)43(3,4)41(37)26-33/h5-21,26-31H,22-25H2,1-4H3/t28-,29+,30-,31-,44+/m0/s1. The molecule has 1 heteroatoms. The fraction of sp³-hybridized carbons (Fsp3) is 0.318. The summed E-state index contributed by atoms with van der Waals surface area (Å²) in [7, 11) is 0. The number of fused-ring (bicyclic) bond motifs is 11. The Morgan fingerprint density at radius 1 is 0.511 bits per heavy atom. The second kappa shape index (κ2) is 9.70. The number of rotatable bonds is 3. The van der Waals surface area contributed by atoms with Gasteiger partial charge in [-0.1, -0.05) is 107 Å². The first-order valence-corrected chi connectivity index (χ1v) is 17.2. The third-order valence-electron chi connectivity index (χ3n) is 12.4. The van der Waals surface area contributed by atoms with Gasteiger partial charge >= 0.3 is 0 Å². The molecule has 5 aromatic carbocycles. The summed E-state index contributed by atoms with van der Waals surface area (Å²) in [5.74, 6) is 2.99. The van der Waals surface area contributed by atoms with Crippen LogP contribution in [0.25, 0.3) is 22.3 Å². The molecule has 224 valence electrons. The third kappa shape index (κ3) is 3.73. The van der Waals surface area contributed by atoms with Crippen molar-refractivity contribution in [3.05, 3.63) is 138 Å². The molecule has 1 spiro atoms. The SMILES string of the molecule is C[C@H]1C[C@@H]2C[C@H](C1)[C@@]1(c3ccccc3-c3ccc(N(c4ccccc4)c4ccc5c(c4)C(C)(C)c4ccccc4-5)cc31)[C@H](C)C2. The number of para-hydroxylation sites is 1. The predicted octanol–water partition coefficient (Wildman–Crippen LogP) is 11.8. The summed E-state index contributed by atoms with van der Waals surface area (Å²) in [5, 5.41) is 0. The van der Waals surface area contributed by atoms with Crippen LogP contribution in [0.15, 0.2) is 115 Å². The Balaban J connectivity index is 1.25. The molecule has 0 saturated heterocycles. The van der Waals surface area contributed by atoms with Gasteiger partial charge in [0.05, 0.1) is 0 Å². The maximum absolute atomic E-state index is 2.60. The van der Waals surface area contributed by atoms with E-state index < -0.39 is 0 Å². The molecule has 0 aliphatic heterocycles. The van der Waals surface area contributed by atoms with Gasteiger partial charge in [0, 0.05) is 27.9 Å². The Kier molecular flexibility index (Phi) is 5.87. The Hall–Kier alpha value is -4.10. The molecule has 2 saturated carbocycles. The van der Waals surface area contributed by atoms with Crippen molar-refractivity contribution in [2.24, 2.45) is 23.7 Å². The highest BCUT2D eigenvalue weighted by Crippen LogP contribution is 2.65. The highest BCUT2D eigenvalue weighted by molar-refractivity contribution is 5.88. The van der Waals surface area contributed by atoms with Gasteiger partial charge in [0.25, 0.3) is 0 Å². The first kappa shape index (κ1) is 27.2. The average molecular weight is 586 g/mol. The van der Waals surface area contributed by atoms with Crippen LogP contribution < -0.4 is 4.90 Å². The molecule has 1 nitrogen and oxygen atoms in total. The summed E-state index contributed by atoms with van der Waals surface area (Å²) in [4.78, 5) is 2.51. The summed E-state index contributed by atoms with van der Waals surface area (Å²) < 4.78 is 0. The van der Waals surface area contributed by atoms with Crippen LogP contribution in [-0.4, -0.2) is 0 Å². The van der Waals surface area contributed by atoms with E-state index in [1.54, 1.807) is 11.1 Å². The van der Waals surface area contributed by atoms with Gasteiger partial charge in [-0.25, -0.2) is 0 Å². The number of benzene rings is 5. The smallest absolute Gasteiger partial charge is 0.0465 e. The summed E-state index contributed by atoms with van der Waals surface area (Å²) in [6.07, 6.45) is 5.45. The molecule has 2 bridgehead atoms. The summed E-state index contributed by atoms with van der Waals surface area (Å²) in [6.45, 7) is 9.84. The lowest BCUT2D eigenvalue weighted by Crippen LogP contribution is -2.49. The minimum Gasteiger partial charge on any atom is -0.310 e. The molecule has 0 heterocycles. The van der Waals surface area contributed by atoms with Gasteiger partial charge in [-0.15, -0.1) is 0 Å². The Labute approximate surface area is 269 Å². The van der Waals surface area contributed by atoms with E-state index in [-0.39, 0.29) is 10.8 Å². The lowest BCUT2D eigenvalue weighted by Gasteiger charge is -2.54.